The molecule has 186 valence electrons. The van der Waals surface area contributed by atoms with Crippen LogP contribution in [0.2, 0.25) is 0 Å². The van der Waals surface area contributed by atoms with Crippen LogP contribution in [0.25, 0.3) is 0 Å². The van der Waals surface area contributed by atoms with Gasteiger partial charge in [0.15, 0.2) is 4.34 Å². The maximum Gasteiger partial charge on any atom is 0.264 e. The third-order valence-electron chi connectivity index (χ3n) is 4.91. The summed E-state index contributed by atoms with van der Waals surface area (Å²) in [6, 6.07) is 24.6. The summed E-state index contributed by atoms with van der Waals surface area (Å²) in [6.45, 7) is 1.90. The molecule has 0 atom stereocenters. The number of hydrogen-bond donors (Lipinski definition) is 1. The number of benzene rings is 3. The van der Waals surface area contributed by atoms with E-state index in [4.69, 9.17) is 4.74 Å². The average molecular weight is 541 g/mol. The van der Waals surface area contributed by atoms with Crippen LogP contribution >= 0.6 is 23.1 Å². The molecule has 4 aromatic rings. The highest BCUT2D eigenvalue weighted by atomic mass is 32.2. The van der Waals surface area contributed by atoms with Crippen LogP contribution in [0.5, 0.6) is 5.75 Å². The van der Waals surface area contributed by atoms with E-state index in [2.05, 4.69) is 15.5 Å². The Balaban J connectivity index is 1.47. The lowest BCUT2D eigenvalue weighted by atomic mass is 10.2. The number of sulfonamides is 1. The van der Waals surface area contributed by atoms with Gasteiger partial charge in [0.1, 0.15) is 12.3 Å². The molecule has 0 saturated carbocycles. The number of amides is 1. The number of nitrogens with zero attached hydrogens (tertiary/aromatic N) is 3. The van der Waals surface area contributed by atoms with Crippen LogP contribution in [-0.4, -0.2) is 37.7 Å². The largest absolute Gasteiger partial charge is 0.494 e. The van der Waals surface area contributed by atoms with Crippen molar-refractivity contribution < 1.29 is 17.9 Å². The van der Waals surface area contributed by atoms with Gasteiger partial charge >= 0.3 is 0 Å². The van der Waals surface area contributed by atoms with Gasteiger partial charge in [-0.25, -0.2) is 8.42 Å². The quantitative estimate of drug-likeness (QED) is 0.210. The van der Waals surface area contributed by atoms with Crippen LogP contribution in [-0.2, 0) is 20.6 Å². The standard InChI is InChI=1S/C25H24N4O4S3/c1-2-33-21-13-15-22(16-14-21)36(31,32)29(20-11-7-4-8-12-20)17-23(30)26-24-27-28-25(35-24)34-18-19-9-5-3-6-10-19/h3-16H,2,17-18H2,1H3,(H,26,27,30). The van der Waals surface area contributed by atoms with Gasteiger partial charge in [-0.05, 0) is 48.9 Å². The van der Waals surface area contributed by atoms with Crippen molar-refractivity contribution in [3.8, 4) is 5.75 Å². The molecule has 0 aliphatic heterocycles. The summed E-state index contributed by atoms with van der Waals surface area (Å²) in [5.41, 5.74) is 1.53. The Bertz CT molecular complexity index is 1380. The first-order valence-electron chi connectivity index (χ1n) is 11.1. The Morgan fingerprint density at radius 1 is 0.972 bits per heavy atom. The van der Waals surface area contributed by atoms with E-state index in [9.17, 15) is 13.2 Å². The van der Waals surface area contributed by atoms with Crippen molar-refractivity contribution in [2.45, 2.75) is 21.9 Å². The van der Waals surface area contributed by atoms with Crippen LogP contribution in [0, 0.1) is 0 Å². The van der Waals surface area contributed by atoms with Crippen molar-refractivity contribution in [2.75, 3.05) is 22.8 Å². The molecule has 36 heavy (non-hydrogen) atoms. The monoisotopic (exact) mass is 540 g/mol. The number of thioether (sulfide) groups is 1. The van der Waals surface area contributed by atoms with Gasteiger partial charge in [-0.1, -0.05) is 71.6 Å². The molecule has 0 radical (unpaired) electrons. The minimum Gasteiger partial charge on any atom is -0.494 e. The zero-order chi connectivity index (χ0) is 25.4. The maximum absolute atomic E-state index is 13.5. The molecule has 0 aliphatic rings. The predicted molar refractivity (Wildman–Crippen MR) is 143 cm³/mol. The Labute approximate surface area is 218 Å². The Kier molecular flexibility index (Phi) is 8.57. The number of hydrogen-bond acceptors (Lipinski definition) is 8. The molecule has 0 fully saturated rings. The summed E-state index contributed by atoms with van der Waals surface area (Å²) in [5, 5.41) is 11.1. The highest BCUT2D eigenvalue weighted by Crippen LogP contribution is 2.29. The third kappa shape index (κ3) is 6.62. The molecular weight excluding hydrogens is 517 g/mol. The molecular formula is C25H24N4O4S3. The SMILES string of the molecule is CCOc1ccc(S(=O)(=O)N(CC(=O)Nc2nnc(SCc3ccccc3)s2)c2ccccc2)cc1. The summed E-state index contributed by atoms with van der Waals surface area (Å²) < 4.78 is 34.2. The number of rotatable bonds is 11. The molecule has 0 bridgehead atoms. The highest BCUT2D eigenvalue weighted by molar-refractivity contribution is 8.00. The number of para-hydroxylation sites is 1. The fraction of sp³-hybridized carbons (Fsp3) is 0.160. The first kappa shape index (κ1) is 25.7. The average Bonchev–Trinajstić information content (AvgIpc) is 3.34. The zero-order valence-corrected chi connectivity index (χ0v) is 21.9. The lowest BCUT2D eigenvalue weighted by Crippen LogP contribution is -2.38. The molecule has 1 amide bonds. The molecule has 11 heteroatoms. The first-order chi connectivity index (χ1) is 17.5. The summed E-state index contributed by atoms with van der Waals surface area (Å²) in [4.78, 5) is 13.0. The molecule has 1 aromatic heterocycles. The molecule has 1 N–H and O–H groups in total. The Morgan fingerprint density at radius 2 is 1.64 bits per heavy atom. The highest BCUT2D eigenvalue weighted by Gasteiger charge is 2.27. The van der Waals surface area contributed by atoms with E-state index < -0.39 is 22.5 Å². The fourth-order valence-corrected chi connectivity index (χ4v) is 6.38. The number of aromatic nitrogens is 2. The third-order valence-corrected chi connectivity index (χ3v) is 8.74. The van der Waals surface area contributed by atoms with E-state index in [1.165, 1.54) is 35.2 Å². The summed E-state index contributed by atoms with van der Waals surface area (Å²) in [6.07, 6.45) is 0. The van der Waals surface area contributed by atoms with E-state index in [-0.39, 0.29) is 4.90 Å². The van der Waals surface area contributed by atoms with Gasteiger partial charge < -0.3 is 4.74 Å². The molecule has 4 rings (SSSR count). The van der Waals surface area contributed by atoms with Crippen molar-refractivity contribution in [2.24, 2.45) is 0 Å². The summed E-state index contributed by atoms with van der Waals surface area (Å²) in [7, 11) is -4.03. The minimum absolute atomic E-state index is 0.0538. The van der Waals surface area contributed by atoms with Gasteiger partial charge in [0.05, 0.1) is 17.2 Å². The van der Waals surface area contributed by atoms with Crippen LogP contribution in [0.15, 0.2) is 94.2 Å². The number of ether oxygens (including phenoxy) is 1. The summed E-state index contributed by atoms with van der Waals surface area (Å²) >= 11 is 2.76. The molecule has 0 spiro atoms. The molecule has 0 saturated heterocycles. The van der Waals surface area contributed by atoms with Crippen molar-refractivity contribution >= 4 is 49.8 Å². The van der Waals surface area contributed by atoms with Gasteiger partial charge in [-0.15, -0.1) is 10.2 Å². The smallest absolute Gasteiger partial charge is 0.264 e. The normalized spacial score (nSPS) is 11.1. The molecule has 0 unspecified atom stereocenters. The molecule has 8 nitrogen and oxygen atoms in total. The molecule has 3 aromatic carbocycles. The molecule has 1 heterocycles. The van der Waals surface area contributed by atoms with Crippen LogP contribution in [0.4, 0.5) is 10.8 Å². The van der Waals surface area contributed by atoms with Crippen molar-refractivity contribution in [3.05, 3.63) is 90.5 Å². The van der Waals surface area contributed by atoms with E-state index in [1.807, 2.05) is 37.3 Å². The van der Waals surface area contributed by atoms with Crippen molar-refractivity contribution in [1.82, 2.24) is 10.2 Å². The van der Waals surface area contributed by atoms with Crippen molar-refractivity contribution in [3.63, 3.8) is 0 Å². The van der Waals surface area contributed by atoms with E-state index >= 15 is 0 Å². The van der Waals surface area contributed by atoms with Crippen LogP contribution in [0.1, 0.15) is 12.5 Å². The minimum atomic E-state index is -4.03. The zero-order valence-electron chi connectivity index (χ0n) is 19.4. The van der Waals surface area contributed by atoms with Gasteiger partial charge in [0.25, 0.3) is 10.0 Å². The van der Waals surface area contributed by atoms with Gasteiger partial charge in [-0.2, -0.15) is 0 Å². The number of anilines is 2. The first-order valence-corrected chi connectivity index (χ1v) is 14.3. The van der Waals surface area contributed by atoms with Crippen LogP contribution < -0.4 is 14.4 Å². The lowest BCUT2D eigenvalue weighted by Gasteiger charge is -2.24. The maximum atomic E-state index is 13.5. The van der Waals surface area contributed by atoms with Crippen molar-refractivity contribution in [1.29, 1.82) is 0 Å². The Morgan fingerprint density at radius 3 is 2.31 bits per heavy atom. The van der Waals surface area contributed by atoms with Crippen LogP contribution in [0.3, 0.4) is 0 Å². The number of nitrogens with one attached hydrogen (secondary N) is 1. The molecule has 0 aliphatic carbocycles. The second kappa shape index (κ2) is 12.0. The second-order valence-electron chi connectivity index (χ2n) is 7.45. The van der Waals surface area contributed by atoms with Gasteiger partial charge in [0.2, 0.25) is 11.0 Å². The van der Waals surface area contributed by atoms with E-state index in [0.717, 1.165) is 15.6 Å². The van der Waals surface area contributed by atoms with Gasteiger partial charge in [0, 0.05) is 5.75 Å². The predicted octanol–water partition coefficient (Wildman–Crippen LogP) is 5.06. The van der Waals surface area contributed by atoms with E-state index in [0.29, 0.717) is 27.5 Å². The topological polar surface area (TPSA) is 101 Å². The lowest BCUT2D eigenvalue weighted by molar-refractivity contribution is -0.114. The van der Waals surface area contributed by atoms with E-state index in [1.54, 1.807) is 42.5 Å². The fourth-order valence-electron chi connectivity index (χ4n) is 3.24. The number of carbonyl (C=O) groups is 1. The summed E-state index contributed by atoms with van der Waals surface area (Å²) in [5.74, 6) is 0.771. The van der Waals surface area contributed by atoms with Gasteiger partial charge in [-0.3, -0.25) is 14.4 Å². The Hall–Kier alpha value is -3.41. The number of carbonyl (C=O) groups excluding carboxylic acids is 1. The second-order valence-corrected chi connectivity index (χ2v) is 11.5.